The topological polar surface area (TPSA) is 216 Å². The number of aliphatic carboxylic acids is 2. The van der Waals surface area contributed by atoms with Crippen LogP contribution >= 0.6 is 0 Å². The molecule has 6 atom stereocenters. The van der Waals surface area contributed by atoms with Gasteiger partial charge in [-0.05, 0) is 47.7 Å². The highest BCUT2D eigenvalue weighted by Gasteiger charge is 2.59. The largest absolute Gasteiger partial charge is 0.504 e. The molecule has 0 heterocycles. The molecular weight excluding hydrogens is 516 g/mol. The van der Waals surface area contributed by atoms with E-state index in [2.05, 4.69) is 0 Å². The summed E-state index contributed by atoms with van der Waals surface area (Å²) in [6.07, 6.45) is 0.149. The molecule has 0 saturated heterocycles. The minimum Gasteiger partial charge on any atom is -0.504 e. The Morgan fingerprint density at radius 1 is 0.872 bits per heavy atom. The second-order valence-electron chi connectivity index (χ2n) is 9.55. The van der Waals surface area contributed by atoms with Crippen LogP contribution in [0.1, 0.15) is 23.5 Å². The van der Waals surface area contributed by atoms with Crippen molar-refractivity contribution in [1.29, 1.82) is 0 Å². The van der Waals surface area contributed by atoms with E-state index in [0.717, 1.165) is 30.3 Å². The van der Waals surface area contributed by atoms with E-state index in [0.29, 0.717) is 0 Å². The van der Waals surface area contributed by atoms with Crippen LogP contribution in [0.5, 0.6) is 23.0 Å². The molecule has 5 rings (SSSR count). The maximum absolute atomic E-state index is 12.8. The Morgan fingerprint density at radius 2 is 1.51 bits per heavy atom. The first-order valence-electron chi connectivity index (χ1n) is 11.8. The maximum Gasteiger partial charge on any atom is 0.345 e. The fraction of sp³-hybridized carbons (Fsp3) is 0.296. The van der Waals surface area contributed by atoms with Crippen LogP contribution in [-0.2, 0) is 35.1 Å². The van der Waals surface area contributed by atoms with Crippen molar-refractivity contribution in [3.63, 3.8) is 0 Å². The quantitative estimate of drug-likeness (QED) is 0.121. The van der Waals surface area contributed by atoms with Crippen LogP contribution < -0.4 is 0 Å². The van der Waals surface area contributed by atoms with Crippen LogP contribution in [-0.4, -0.2) is 66.2 Å². The highest BCUT2D eigenvalue weighted by molar-refractivity contribution is 6.41. The molecule has 3 aliphatic rings. The number of carboxylic acid groups (broad SMARTS) is 2. The molecule has 2 aromatic rings. The van der Waals surface area contributed by atoms with Crippen LogP contribution in [0.3, 0.4) is 0 Å². The van der Waals surface area contributed by atoms with Gasteiger partial charge < -0.3 is 35.4 Å². The Labute approximate surface area is 220 Å². The molecule has 3 aliphatic carbocycles. The van der Waals surface area contributed by atoms with E-state index >= 15 is 0 Å². The van der Waals surface area contributed by atoms with E-state index in [1.807, 2.05) is 0 Å². The Kier molecular flexibility index (Phi) is 7.30. The first-order chi connectivity index (χ1) is 18.4. The molecule has 12 heteroatoms. The molecule has 3 fully saturated rings. The standard InChI is InChI=1S/C27H24O12/c28-15-4-1-11(7-17(15)30)8-19(26(35)36)39-20(32)6-3-12-9-14-21(13-2-5-16(29)18(31)10-13)23(27(37)38)22(12)25(34)24(14)33/h1-7,10,12,14,19,21-23,28-31H,8-9H2,(H,35,36)(H,37,38). The molecule has 0 aromatic heterocycles. The summed E-state index contributed by atoms with van der Waals surface area (Å²) in [6.45, 7) is 0. The van der Waals surface area contributed by atoms with Crippen molar-refractivity contribution in [2.45, 2.75) is 24.9 Å². The number of esters is 1. The lowest BCUT2D eigenvalue weighted by atomic mass is 9.52. The number of ketones is 2. The number of Topliss-reactive ketones (excluding diaryl/α,β-unsaturated/α-hetero) is 2. The average molecular weight is 540 g/mol. The van der Waals surface area contributed by atoms with Gasteiger partial charge in [0, 0.05) is 30.3 Å². The Balaban J connectivity index is 1.54. The molecule has 0 radical (unpaired) electrons. The summed E-state index contributed by atoms with van der Waals surface area (Å²) in [5.74, 6) is -13.0. The number of carboxylic acids is 2. The number of benzene rings is 2. The normalized spacial score (nSPS) is 25.0. The van der Waals surface area contributed by atoms with E-state index in [1.54, 1.807) is 0 Å². The Bertz CT molecular complexity index is 1390. The smallest absolute Gasteiger partial charge is 0.345 e. The second-order valence-corrected chi connectivity index (χ2v) is 9.55. The van der Waals surface area contributed by atoms with Gasteiger partial charge in [0.25, 0.3) is 0 Å². The molecule has 6 unspecified atom stereocenters. The summed E-state index contributed by atoms with van der Waals surface area (Å²) in [6, 6.07) is 7.28. The lowest BCUT2D eigenvalue weighted by Crippen LogP contribution is -2.56. The van der Waals surface area contributed by atoms with Crippen LogP contribution in [0, 0.1) is 23.7 Å². The van der Waals surface area contributed by atoms with Crippen molar-refractivity contribution < 1.29 is 59.3 Å². The van der Waals surface area contributed by atoms with Crippen LogP contribution in [0.15, 0.2) is 48.6 Å². The summed E-state index contributed by atoms with van der Waals surface area (Å²) >= 11 is 0. The van der Waals surface area contributed by atoms with Gasteiger partial charge in [-0.1, -0.05) is 18.2 Å². The van der Waals surface area contributed by atoms with Crippen molar-refractivity contribution in [3.8, 4) is 23.0 Å². The number of carbonyl (C=O) groups excluding carboxylic acids is 3. The van der Waals surface area contributed by atoms with Gasteiger partial charge in [-0.15, -0.1) is 0 Å². The number of hydrogen-bond acceptors (Lipinski definition) is 10. The molecule has 39 heavy (non-hydrogen) atoms. The number of ether oxygens (including phenoxy) is 1. The molecule has 2 aromatic carbocycles. The van der Waals surface area contributed by atoms with Gasteiger partial charge in [0.2, 0.25) is 17.7 Å². The summed E-state index contributed by atoms with van der Waals surface area (Å²) in [5, 5.41) is 57.9. The molecule has 204 valence electrons. The highest BCUT2D eigenvalue weighted by atomic mass is 16.6. The number of aromatic hydroxyl groups is 4. The summed E-state index contributed by atoms with van der Waals surface area (Å²) < 4.78 is 5.01. The number of fused-ring (bicyclic) bond motifs is 3. The predicted octanol–water partition coefficient (Wildman–Crippen LogP) is 1.49. The SMILES string of the molecule is O=C(C=CC1CC2C(=O)C(=O)C1C(C(=O)O)C2c1ccc(O)c(O)c1)OC(Cc1ccc(O)c(O)c1)C(=O)O. The number of phenols is 4. The first kappa shape index (κ1) is 27.2. The van der Waals surface area contributed by atoms with Gasteiger partial charge in [-0.25, -0.2) is 9.59 Å². The van der Waals surface area contributed by atoms with E-state index in [-0.39, 0.29) is 24.0 Å². The second kappa shape index (κ2) is 10.5. The van der Waals surface area contributed by atoms with Gasteiger partial charge in [-0.3, -0.25) is 14.4 Å². The van der Waals surface area contributed by atoms with Gasteiger partial charge in [0.15, 0.2) is 23.0 Å². The molecule has 0 aliphatic heterocycles. The zero-order valence-electron chi connectivity index (χ0n) is 20.1. The maximum atomic E-state index is 12.8. The number of allylic oxidation sites excluding steroid dienone is 1. The monoisotopic (exact) mass is 540 g/mol. The summed E-state index contributed by atoms with van der Waals surface area (Å²) in [7, 11) is 0. The van der Waals surface area contributed by atoms with E-state index in [1.165, 1.54) is 18.2 Å². The van der Waals surface area contributed by atoms with Crippen LogP contribution in [0.4, 0.5) is 0 Å². The highest BCUT2D eigenvalue weighted by Crippen LogP contribution is 2.54. The first-order valence-corrected chi connectivity index (χ1v) is 11.8. The summed E-state index contributed by atoms with van der Waals surface area (Å²) in [4.78, 5) is 61.9. The van der Waals surface area contributed by atoms with Crippen molar-refractivity contribution in [1.82, 2.24) is 0 Å². The fourth-order valence-corrected chi connectivity index (χ4v) is 5.47. The van der Waals surface area contributed by atoms with E-state index < -0.39 is 88.2 Å². The Hall–Kier alpha value is -4.87. The number of rotatable bonds is 8. The minimum atomic E-state index is -1.66. The molecule has 0 spiro atoms. The van der Waals surface area contributed by atoms with E-state index in [9.17, 15) is 54.6 Å². The van der Waals surface area contributed by atoms with Crippen molar-refractivity contribution in [3.05, 3.63) is 59.7 Å². The molecule has 3 saturated carbocycles. The molecule has 2 bridgehead atoms. The summed E-state index contributed by atoms with van der Waals surface area (Å²) in [5.41, 5.74) is 0.527. The van der Waals surface area contributed by atoms with Gasteiger partial charge in [0.1, 0.15) is 0 Å². The minimum absolute atomic E-state index is 0.0181. The van der Waals surface area contributed by atoms with Crippen LogP contribution in [0.25, 0.3) is 0 Å². The zero-order valence-corrected chi connectivity index (χ0v) is 20.1. The third-order valence-electron chi connectivity index (χ3n) is 7.22. The van der Waals surface area contributed by atoms with Gasteiger partial charge in [-0.2, -0.15) is 0 Å². The lowest BCUT2D eigenvalue weighted by Gasteiger charge is -2.48. The van der Waals surface area contributed by atoms with Crippen molar-refractivity contribution in [2.24, 2.45) is 23.7 Å². The number of hydrogen-bond donors (Lipinski definition) is 6. The van der Waals surface area contributed by atoms with E-state index in [4.69, 9.17) is 4.74 Å². The molecule has 12 nitrogen and oxygen atoms in total. The number of carbonyl (C=O) groups is 5. The average Bonchev–Trinajstić information content (AvgIpc) is 2.88. The lowest BCUT2D eigenvalue weighted by molar-refractivity contribution is -0.163. The fourth-order valence-electron chi connectivity index (χ4n) is 5.47. The van der Waals surface area contributed by atoms with Crippen molar-refractivity contribution >= 4 is 29.5 Å². The van der Waals surface area contributed by atoms with Gasteiger partial charge >= 0.3 is 17.9 Å². The zero-order chi connectivity index (χ0) is 28.6. The van der Waals surface area contributed by atoms with Crippen molar-refractivity contribution in [2.75, 3.05) is 0 Å². The molecule has 0 amide bonds. The number of phenolic OH excluding ortho intramolecular Hbond substituents is 4. The Morgan fingerprint density at radius 3 is 2.10 bits per heavy atom. The third-order valence-corrected chi connectivity index (χ3v) is 7.22. The van der Waals surface area contributed by atoms with Gasteiger partial charge in [0.05, 0.1) is 5.92 Å². The third kappa shape index (κ3) is 5.26. The molecular formula is C27H24O12. The van der Waals surface area contributed by atoms with Crippen LogP contribution in [0.2, 0.25) is 0 Å². The molecule has 6 N–H and O–H groups in total. The predicted molar refractivity (Wildman–Crippen MR) is 129 cm³/mol.